The third kappa shape index (κ3) is 2.92. The van der Waals surface area contributed by atoms with Crippen LogP contribution in [0.4, 0.5) is 5.69 Å². The molecule has 5 heteroatoms. The minimum Gasteiger partial charge on any atom is -0.382 e. The largest absolute Gasteiger partial charge is 0.382 e. The highest BCUT2D eigenvalue weighted by Crippen LogP contribution is 2.48. The number of aromatic nitrogens is 3. The molecule has 1 aromatic carbocycles. The van der Waals surface area contributed by atoms with Gasteiger partial charge in [-0.1, -0.05) is 18.7 Å². The van der Waals surface area contributed by atoms with Crippen molar-refractivity contribution in [2.45, 2.75) is 42.8 Å². The van der Waals surface area contributed by atoms with Crippen molar-refractivity contribution in [1.82, 2.24) is 15.2 Å². The summed E-state index contributed by atoms with van der Waals surface area (Å²) in [6.07, 6.45) is 4.19. The molecule has 100 valence electrons. The number of hydrogen-bond acceptors (Lipinski definition) is 4. The molecule has 1 aromatic heterocycles. The first-order valence-electron chi connectivity index (χ1n) is 6.56. The van der Waals surface area contributed by atoms with Gasteiger partial charge in [0.2, 0.25) is 0 Å². The molecule has 1 aliphatic carbocycles. The molecular weight excluding hydrogens is 256 g/mol. The van der Waals surface area contributed by atoms with Crippen LogP contribution in [0.5, 0.6) is 0 Å². The minimum atomic E-state index is 0.493. The molecule has 2 N–H and O–H groups in total. The van der Waals surface area contributed by atoms with Crippen molar-refractivity contribution in [1.29, 1.82) is 0 Å². The summed E-state index contributed by atoms with van der Waals surface area (Å²) < 4.78 is 0. The Morgan fingerprint density at radius 1 is 1.32 bits per heavy atom. The highest BCUT2D eigenvalue weighted by molar-refractivity contribution is 7.99. The first-order valence-corrected chi connectivity index (χ1v) is 7.37. The predicted molar refractivity (Wildman–Crippen MR) is 77.4 cm³/mol. The van der Waals surface area contributed by atoms with Crippen LogP contribution in [0.25, 0.3) is 0 Å². The van der Waals surface area contributed by atoms with Crippen LogP contribution in [0.3, 0.4) is 0 Å². The van der Waals surface area contributed by atoms with Crippen molar-refractivity contribution in [3.63, 3.8) is 0 Å². The van der Waals surface area contributed by atoms with E-state index in [0.29, 0.717) is 11.5 Å². The molecule has 1 aliphatic rings. The molecule has 0 amide bonds. The van der Waals surface area contributed by atoms with E-state index in [1.807, 2.05) is 0 Å². The van der Waals surface area contributed by atoms with Gasteiger partial charge in [0.25, 0.3) is 0 Å². The molecule has 19 heavy (non-hydrogen) atoms. The molecule has 1 heterocycles. The molecule has 1 unspecified atom stereocenters. The van der Waals surface area contributed by atoms with E-state index >= 15 is 0 Å². The van der Waals surface area contributed by atoms with E-state index < -0.39 is 0 Å². The van der Waals surface area contributed by atoms with E-state index in [1.54, 1.807) is 11.8 Å². The molecule has 0 saturated heterocycles. The predicted octanol–water partition coefficient (Wildman–Crippen LogP) is 3.56. The van der Waals surface area contributed by atoms with Gasteiger partial charge in [-0.3, -0.25) is 5.10 Å². The Balaban J connectivity index is 1.62. The van der Waals surface area contributed by atoms with Crippen LogP contribution in [0.15, 0.2) is 40.6 Å². The highest BCUT2D eigenvalue weighted by Gasteiger charge is 2.42. The zero-order chi connectivity index (χ0) is 13.3. The lowest BCUT2D eigenvalue weighted by atomic mass is 10.0. The normalized spacial score (nSPS) is 18.0. The number of hydrogen-bond donors (Lipinski definition) is 2. The second kappa shape index (κ2) is 4.89. The number of H-pyrrole nitrogens is 1. The maximum atomic E-state index is 4.10. The monoisotopic (exact) mass is 274 g/mol. The highest BCUT2D eigenvalue weighted by atomic mass is 32.2. The average molecular weight is 274 g/mol. The van der Waals surface area contributed by atoms with Gasteiger partial charge in [-0.05, 0) is 49.4 Å². The molecule has 1 fully saturated rings. The number of nitrogens with zero attached hydrogens (tertiary/aromatic N) is 2. The van der Waals surface area contributed by atoms with Gasteiger partial charge in [0.1, 0.15) is 6.33 Å². The Kier molecular flexibility index (Phi) is 3.22. The average Bonchev–Trinajstić information content (AvgIpc) is 2.96. The van der Waals surface area contributed by atoms with Gasteiger partial charge >= 0.3 is 0 Å². The summed E-state index contributed by atoms with van der Waals surface area (Å²) in [6.45, 7) is 4.61. The second-order valence-corrected chi connectivity index (χ2v) is 6.50. The summed E-state index contributed by atoms with van der Waals surface area (Å²) >= 11 is 1.58. The van der Waals surface area contributed by atoms with E-state index in [9.17, 15) is 0 Å². The second-order valence-electron chi connectivity index (χ2n) is 5.44. The third-order valence-electron chi connectivity index (χ3n) is 3.93. The summed E-state index contributed by atoms with van der Waals surface area (Å²) in [5.41, 5.74) is 1.68. The molecule has 1 saturated carbocycles. The summed E-state index contributed by atoms with van der Waals surface area (Å²) in [5, 5.41) is 11.1. The topological polar surface area (TPSA) is 53.6 Å². The minimum absolute atomic E-state index is 0.493. The number of anilines is 1. The molecule has 4 nitrogen and oxygen atoms in total. The fraction of sp³-hybridized carbons (Fsp3) is 0.429. The van der Waals surface area contributed by atoms with Crippen molar-refractivity contribution in [2.24, 2.45) is 5.41 Å². The van der Waals surface area contributed by atoms with Crippen LogP contribution in [-0.2, 0) is 0 Å². The molecule has 1 atom stereocenters. The van der Waals surface area contributed by atoms with Crippen molar-refractivity contribution in [3.8, 4) is 0 Å². The number of nitrogens with one attached hydrogen (secondary N) is 2. The van der Waals surface area contributed by atoms with Crippen molar-refractivity contribution in [3.05, 3.63) is 30.6 Å². The first-order chi connectivity index (χ1) is 9.16. The van der Waals surface area contributed by atoms with Crippen LogP contribution in [-0.4, -0.2) is 21.2 Å². The SMILES string of the molecule is CC(Nc1ccc(Sc2ncn[nH]2)cc1)C1(C)CC1. The Morgan fingerprint density at radius 3 is 2.63 bits per heavy atom. The molecule has 0 spiro atoms. The quantitative estimate of drug-likeness (QED) is 0.875. The standard InChI is InChI=1S/C14H18N4S/c1-10(14(2)7-8-14)17-11-3-5-12(6-4-11)19-13-15-9-16-18-13/h3-6,9-10,17H,7-8H2,1-2H3,(H,15,16,18). The lowest BCUT2D eigenvalue weighted by molar-refractivity contribution is 0.493. The van der Waals surface area contributed by atoms with Gasteiger partial charge in [0.15, 0.2) is 5.16 Å². The molecular formula is C14H18N4S. The molecule has 0 aliphatic heterocycles. The Labute approximate surface area is 117 Å². The van der Waals surface area contributed by atoms with Crippen LogP contribution in [0.2, 0.25) is 0 Å². The van der Waals surface area contributed by atoms with E-state index in [0.717, 1.165) is 10.1 Å². The smallest absolute Gasteiger partial charge is 0.188 e. The van der Waals surface area contributed by atoms with E-state index in [1.165, 1.54) is 24.9 Å². The summed E-state index contributed by atoms with van der Waals surface area (Å²) in [4.78, 5) is 5.26. The van der Waals surface area contributed by atoms with Gasteiger partial charge in [-0.15, -0.1) is 0 Å². The van der Waals surface area contributed by atoms with E-state index in [4.69, 9.17) is 0 Å². The van der Waals surface area contributed by atoms with Gasteiger partial charge in [-0.2, -0.15) is 5.10 Å². The first kappa shape index (κ1) is 12.5. The van der Waals surface area contributed by atoms with Gasteiger partial charge < -0.3 is 5.32 Å². The summed E-state index contributed by atoms with van der Waals surface area (Å²) in [7, 11) is 0. The Morgan fingerprint density at radius 2 is 2.05 bits per heavy atom. The van der Waals surface area contributed by atoms with Crippen LogP contribution < -0.4 is 5.32 Å². The van der Waals surface area contributed by atoms with Crippen molar-refractivity contribution >= 4 is 17.4 Å². The molecule has 2 aromatic rings. The van der Waals surface area contributed by atoms with Gasteiger partial charge in [0, 0.05) is 16.6 Å². The molecule has 3 rings (SSSR count). The Bertz CT molecular complexity index is 531. The number of rotatable bonds is 5. The maximum absolute atomic E-state index is 4.10. The number of aromatic amines is 1. The van der Waals surface area contributed by atoms with Crippen molar-refractivity contribution in [2.75, 3.05) is 5.32 Å². The fourth-order valence-corrected chi connectivity index (χ4v) is 2.72. The lowest BCUT2D eigenvalue weighted by Crippen LogP contribution is -2.24. The van der Waals surface area contributed by atoms with Crippen molar-refractivity contribution < 1.29 is 0 Å². The van der Waals surface area contributed by atoms with Crippen LogP contribution in [0, 0.1) is 5.41 Å². The van der Waals surface area contributed by atoms with Gasteiger partial charge in [0.05, 0.1) is 0 Å². The van der Waals surface area contributed by atoms with Crippen LogP contribution in [0.1, 0.15) is 26.7 Å². The third-order valence-corrected chi connectivity index (χ3v) is 4.83. The van der Waals surface area contributed by atoms with E-state index in [-0.39, 0.29) is 0 Å². The fourth-order valence-electron chi connectivity index (χ4n) is 2.03. The zero-order valence-electron chi connectivity index (χ0n) is 11.2. The summed E-state index contributed by atoms with van der Waals surface area (Å²) in [6, 6.07) is 9.00. The maximum Gasteiger partial charge on any atom is 0.188 e. The number of benzene rings is 1. The molecule has 0 bridgehead atoms. The molecule has 0 radical (unpaired) electrons. The van der Waals surface area contributed by atoms with Crippen LogP contribution >= 0.6 is 11.8 Å². The summed E-state index contributed by atoms with van der Waals surface area (Å²) in [5.74, 6) is 0. The van der Waals surface area contributed by atoms with E-state index in [2.05, 4.69) is 58.6 Å². The Hall–Kier alpha value is -1.49. The van der Waals surface area contributed by atoms with Gasteiger partial charge in [-0.25, -0.2) is 4.98 Å². The lowest BCUT2D eigenvalue weighted by Gasteiger charge is -2.21. The zero-order valence-corrected chi connectivity index (χ0v) is 12.0.